The van der Waals surface area contributed by atoms with Crippen LogP contribution in [0, 0.1) is 0 Å². The van der Waals surface area contributed by atoms with E-state index in [1.165, 1.54) is 32.7 Å². The molecule has 0 radical (unpaired) electrons. The van der Waals surface area contributed by atoms with E-state index in [0.717, 1.165) is 6.42 Å². The van der Waals surface area contributed by atoms with Gasteiger partial charge in [-0.15, -0.1) is 0 Å². The lowest BCUT2D eigenvalue weighted by Crippen LogP contribution is -2.23. The van der Waals surface area contributed by atoms with E-state index >= 15 is 0 Å². The molecule has 4 aromatic rings. The van der Waals surface area contributed by atoms with Gasteiger partial charge in [0.25, 0.3) is 0 Å². The van der Waals surface area contributed by atoms with Crippen LogP contribution in [0.2, 0.25) is 0 Å². The summed E-state index contributed by atoms with van der Waals surface area (Å²) in [6, 6.07) is 29.8. The first-order valence-electron chi connectivity index (χ1n) is 9.82. The van der Waals surface area contributed by atoms with Gasteiger partial charge in [-0.05, 0) is 45.2 Å². The fourth-order valence-electron chi connectivity index (χ4n) is 4.36. The zero-order valence-corrected chi connectivity index (χ0v) is 15.7. The van der Waals surface area contributed by atoms with Crippen LogP contribution >= 0.6 is 0 Å². The van der Waals surface area contributed by atoms with E-state index in [9.17, 15) is 5.11 Å². The number of fused-ring (bicyclic) bond motifs is 2. The van der Waals surface area contributed by atoms with Crippen molar-refractivity contribution in [2.45, 2.75) is 25.1 Å². The Morgan fingerprint density at radius 1 is 0.821 bits per heavy atom. The fourth-order valence-corrected chi connectivity index (χ4v) is 4.36. The summed E-state index contributed by atoms with van der Waals surface area (Å²) >= 11 is 0. The highest BCUT2D eigenvalue weighted by molar-refractivity contribution is 6.02. The summed E-state index contributed by atoms with van der Waals surface area (Å²) < 4.78 is 0. The van der Waals surface area contributed by atoms with Gasteiger partial charge in [-0.3, -0.25) is 4.84 Å². The van der Waals surface area contributed by atoms with Crippen LogP contribution < -0.4 is 0 Å². The van der Waals surface area contributed by atoms with Gasteiger partial charge in [0.05, 0.1) is 12.6 Å². The monoisotopic (exact) mass is 369 g/mol. The largest absolute Gasteiger partial charge is 0.394 e. The minimum absolute atomic E-state index is 0.0322. The zero-order valence-electron chi connectivity index (χ0n) is 15.7. The number of rotatable bonds is 4. The lowest BCUT2D eigenvalue weighted by atomic mass is 9.90. The maximum Gasteiger partial charge on any atom is 0.104 e. The Labute approximate surface area is 164 Å². The Hall–Kier alpha value is -2.72. The van der Waals surface area contributed by atoms with Crippen LogP contribution in [0.3, 0.4) is 0 Å². The van der Waals surface area contributed by atoms with E-state index < -0.39 is 0 Å². The second-order valence-corrected chi connectivity index (χ2v) is 7.45. The van der Waals surface area contributed by atoms with Crippen molar-refractivity contribution in [3.8, 4) is 0 Å². The van der Waals surface area contributed by atoms with Gasteiger partial charge in [0, 0.05) is 6.54 Å². The van der Waals surface area contributed by atoms with Crippen LogP contribution in [0.15, 0.2) is 84.9 Å². The van der Waals surface area contributed by atoms with E-state index in [4.69, 9.17) is 4.84 Å². The molecule has 3 nitrogen and oxygen atoms in total. The number of nitrogens with zero attached hydrogens (tertiary/aromatic N) is 1. The van der Waals surface area contributed by atoms with Crippen LogP contribution in [0.1, 0.15) is 23.6 Å². The first kappa shape index (κ1) is 17.4. The third-order valence-electron chi connectivity index (χ3n) is 5.65. The van der Waals surface area contributed by atoms with Gasteiger partial charge in [-0.1, -0.05) is 78.9 Å². The number of aliphatic hydroxyl groups is 1. The molecule has 0 bridgehead atoms. The summed E-state index contributed by atoms with van der Waals surface area (Å²) in [5, 5.41) is 16.8. The molecule has 0 spiro atoms. The molecule has 1 heterocycles. The number of hydroxylamine groups is 2. The molecule has 0 unspecified atom stereocenters. The second-order valence-electron chi connectivity index (χ2n) is 7.45. The third-order valence-corrected chi connectivity index (χ3v) is 5.65. The topological polar surface area (TPSA) is 32.7 Å². The maximum absolute atomic E-state index is 9.79. The van der Waals surface area contributed by atoms with Gasteiger partial charge < -0.3 is 5.11 Å². The molecule has 0 aliphatic carbocycles. The molecule has 28 heavy (non-hydrogen) atoms. The minimum atomic E-state index is -0.175. The van der Waals surface area contributed by atoms with Gasteiger partial charge in [0.2, 0.25) is 0 Å². The molecule has 5 rings (SSSR count). The van der Waals surface area contributed by atoms with Crippen LogP contribution in [0.4, 0.5) is 0 Å². The van der Waals surface area contributed by atoms with Crippen molar-refractivity contribution in [2.75, 3.05) is 6.61 Å². The highest BCUT2D eigenvalue weighted by Crippen LogP contribution is 2.42. The van der Waals surface area contributed by atoms with E-state index in [0.29, 0.717) is 6.54 Å². The van der Waals surface area contributed by atoms with Crippen molar-refractivity contribution >= 4 is 21.5 Å². The highest BCUT2D eigenvalue weighted by atomic mass is 16.7. The number of hydrogen-bond donors (Lipinski definition) is 1. The molecule has 4 aromatic carbocycles. The third kappa shape index (κ3) is 3.08. The van der Waals surface area contributed by atoms with E-state index in [-0.39, 0.29) is 18.8 Å². The lowest BCUT2D eigenvalue weighted by molar-refractivity contribution is -0.177. The van der Waals surface area contributed by atoms with E-state index in [2.05, 4.69) is 83.9 Å². The summed E-state index contributed by atoms with van der Waals surface area (Å²) in [6.07, 6.45) is 0.605. The lowest BCUT2D eigenvalue weighted by Gasteiger charge is -2.25. The Morgan fingerprint density at radius 2 is 1.43 bits per heavy atom. The fraction of sp³-hybridized carbons (Fsp3) is 0.200. The average Bonchev–Trinajstić information content (AvgIpc) is 3.15. The molecule has 1 aliphatic rings. The summed E-state index contributed by atoms with van der Waals surface area (Å²) in [5.41, 5.74) is 2.50. The molecule has 1 N–H and O–H groups in total. The number of hydrogen-bond acceptors (Lipinski definition) is 3. The Morgan fingerprint density at radius 3 is 2.07 bits per heavy atom. The van der Waals surface area contributed by atoms with Crippen molar-refractivity contribution < 1.29 is 9.94 Å². The first-order valence-corrected chi connectivity index (χ1v) is 9.82. The molecular weight excluding hydrogens is 346 g/mol. The van der Waals surface area contributed by atoms with Gasteiger partial charge in [0.1, 0.15) is 6.10 Å². The van der Waals surface area contributed by atoms with Gasteiger partial charge in [-0.2, -0.15) is 5.06 Å². The molecule has 1 fully saturated rings. The Kier molecular flexibility index (Phi) is 4.57. The molecule has 1 aliphatic heterocycles. The van der Waals surface area contributed by atoms with E-state index in [1.807, 2.05) is 6.07 Å². The number of aliphatic hydroxyl groups excluding tert-OH is 1. The predicted octanol–water partition coefficient (Wildman–Crippen LogP) is 5.23. The highest BCUT2D eigenvalue weighted by Gasteiger charge is 2.36. The van der Waals surface area contributed by atoms with E-state index in [1.54, 1.807) is 0 Å². The second kappa shape index (κ2) is 7.36. The predicted molar refractivity (Wildman–Crippen MR) is 113 cm³/mol. The van der Waals surface area contributed by atoms with Gasteiger partial charge in [0.15, 0.2) is 0 Å². The maximum atomic E-state index is 9.79. The quantitative estimate of drug-likeness (QED) is 0.500. The smallest absolute Gasteiger partial charge is 0.104 e. The van der Waals surface area contributed by atoms with Crippen LogP contribution in [-0.4, -0.2) is 22.9 Å². The summed E-state index contributed by atoms with van der Waals surface area (Å²) in [6.45, 7) is 0.726. The standard InChI is InChI=1S/C25H23NO2/c27-17-21-15-24(26(28-21)16-18-8-2-1-3-9-18)25-22-12-6-4-10-19(22)14-20-11-5-7-13-23(20)25/h1-14,21,24,27H,15-17H2/t21-,24+/m0/s1. The first-order chi connectivity index (χ1) is 13.8. The zero-order chi connectivity index (χ0) is 18.9. The van der Waals surface area contributed by atoms with Crippen molar-refractivity contribution in [1.82, 2.24) is 5.06 Å². The molecule has 2 atom stereocenters. The summed E-state index contributed by atoms with van der Waals surface area (Å²) in [7, 11) is 0. The molecule has 3 heteroatoms. The number of benzene rings is 4. The van der Waals surface area contributed by atoms with Crippen LogP contribution in [0.5, 0.6) is 0 Å². The minimum Gasteiger partial charge on any atom is -0.394 e. The molecule has 1 saturated heterocycles. The van der Waals surface area contributed by atoms with Crippen molar-refractivity contribution in [1.29, 1.82) is 0 Å². The van der Waals surface area contributed by atoms with Crippen LogP contribution in [-0.2, 0) is 11.4 Å². The summed E-state index contributed by atoms with van der Waals surface area (Å²) in [4.78, 5) is 6.16. The SMILES string of the molecule is OC[C@@H]1C[C@H](c2c3ccccc3cc3ccccc23)N(Cc2ccccc2)O1. The van der Waals surface area contributed by atoms with Gasteiger partial charge >= 0.3 is 0 Å². The summed E-state index contributed by atoms with van der Waals surface area (Å²) in [5.74, 6) is 0. The van der Waals surface area contributed by atoms with Crippen LogP contribution in [0.25, 0.3) is 21.5 Å². The Balaban J connectivity index is 1.67. The van der Waals surface area contributed by atoms with Crippen molar-refractivity contribution in [3.05, 3.63) is 96.1 Å². The van der Waals surface area contributed by atoms with Gasteiger partial charge in [-0.25, -0.2) is 0 Å². The molecule has 0 saturated carbocycles. The molecule has 0 amide bonds. The van der Waals surface area contributed by atoms with Crippen molar-refractivity contribution in [2.24, 2.45) is 0 Å². The van der Waals surface area contributed by atoms with Crippen molar-refractivity contribution in [3.63, 3.8) is 0 Å². The molecule has 140 valence electrons. The Bertz CT molecular complexity index is 1060. The molecule has 0 aromatic heterocycles. The molecular formula is C25H23NO2. The average molecular weight is 369 g/mol. The normalized spacial score (nSPS) is 20.2.